The van der Waals surface area contributed by atoms with Crippen LogP contribution >= 0.6 is 0 Å². The van der Waals surface area contributed by atoms with Crippen molar-refractivity contribution in [3.8, 4) is 11.4 Å². The summed E-state index contributed by atoms with van der Waals surface area (Å²) in [5.41, 5.74) is 1.36. The second-order valence-corrected chi connectivity index (χ2v) is 6.24. The van der Waals surface area contributed by atoms with Gasteiger partial charge in [-0.3, -0.25) is 9.48 Å². The molecule has 0 bridgehead atoms. The molecule has 0 unspecified atom stereocenters. The molecule has 2 heterocycles. The molecule has 1 N–H and O–H groups in total. The third kappa shape index (κ3) is 5.15. The Kier molecular flexibility index (Phi) is 5.55. The molecule has 3 rings (SSSR count). The van der Waals surface area contributed by atoms with Crippen molar-refractivity contribution < 1.29 is 35.7 Å². The lowest BCUT2D eigenvalue weighted by molar-refractivity contribution is -0.159. The van der Waals surface area contributed by atoms with E-state index >= 15 is 0 Å². The Bertz CT molecular complexity index is 1040. The number of aryl methyl sites for hydroxylation is 1. The highest BCUT2D eigenvalue weighted by atomic mass is 19.4. The highest BCUT2D eigenvalue weighted by Crippen LogP contribution is 2.29. The summed E-state index contributed by atoms with van der Waals surface area (Å²) in [6.45, 7) is -1.46. The first kappa shape index (κ1) is 21.3. The maximum absolute atomic E-state index is 12.5. The van der Waals surface area contributed by atoms with Crippen LogP contribution in [0.5, 0.6) is 0 Å². The number of hydrogen-bond donors (Lipinski definition) is 1. The van der Waals surface area contributed by atoms with E-state index in [9.17, 15) is 31.1 Å². The van der Waals surface area contributed by atoms with E-state index in [1.54, 1.807) is 17.4 Å². The maximum atomic E-state index is 12.5. The van der Waals surface area contributed by atoms with E-state index in [0.717, 1.165) is 4.68 Å². The minimum atomic E-state index is -4.74. The summed E-state index contributed by atoms with van der Waals surface area (Å²) in [5.74, 6) is -2.59. The van der Waals surface area contributed by atoms with Crippen LogP contribution in [0.1, 0.15) is 27.6 Å². The normalized spacial score (nSPS) is 12.2. The highest BCUT2D eigenvalue weighted by Gasteiger charge is 2.38. The van der Waals surface area contributed by atoms with Gasteiger partial charge in [0.2, 0.25) is 5.82 Å². The maximum Gasteiger partial charge on any atom is 0.471 e. The summed E-state index contributed by atoms with van der Waals surface area (Å²) < 4.78 is 79.6. The van der Waals surface area contributed by atoms with Crippen LogP contribution in [0, 0.1) is 0 Å². The van der Waals surface area contributed by atoms with Crippen molar-refractivity contribution in [2.75, 3.05) is 6.54 Å². The van der Waals surface area contributed by atoms with Gasteiger partial charge in [-0.25, -0.2) is 0 Å². The van der Waals surface area contributed by atoms with Crippen molar-refractivity contribution in [3.63, 3.8) is 0 Å². The van der Waals surface area contributed by atoms with Gasteiger partial charge in [-0.15, -0.1) is 0 Å². The number of nitrogens with zero attached hydrogens (tertiary/aromatic N) is 4. The Morgan fingerprint density at radius 2 is 1.80 bits per heavy atom. The quantitative estimate of drug-likeness (QED) is 0.624. The average molecular weight is 433 g/mol. The molecule has 13 heteroatoms. The Morgan fingerprint density at radius 1 is 1.13 bits per heavy atom. The number of alkyl halides is 6. The van der Waals surface area contributed by atoms with Crippen molar-refractivity contribution in [3.05, 3.63) is 53.2 Å². The fourth-order valence-electron chi connectivity index (χ4n) is 2.53. The van der Waals surface area contributed by atoms with E-state index in [2.05, 4.69) is 19.8 Å². The summed E-state index contributed by atoms with van der Waals surface area (Å²) in [7, 11) is 1.42. The molecule has 0 aliphatic rings. The molecular formula is C17H13F6N5O2. The highest BCUT2D eigenvalue weighted by molar-refractivity contribution is 5.92. The molecule has 0 aliphatic carbocycles. The first-order chi connectivity index (χ1) is 13.9. The van der Waals surface area contributed by atoms with E-state index in [0.29, 0.717) is 16.8 Å². The summed E-state index contributed by atoms with van der Waals surface area (Å²) in [5, 5.41) is 9.15. The number of rotatable bonds is 5. The molecule has 0 radical (unpaired) electrons. The molecule has 1 aromatic carbocycles. The zero-order valence-corrected chi connectivity index (χ0v) is 15.2. The van der Waals surface area contributed by atoms with Crippen molar-refractivity contribution >= 4 is 5.91 Å². The van der Waals surface area contributed by atoms with Gasteiger partial charge < -0.3 is 9.84 Å². The number of benzene rings is 1. The van der Waals surface area contributed by atoms with Gasteiger partial charge in [0, 0.05) is 19.0 Å². The number of carbonyl (C=O) groups excluding carboxylic acids is 1. The number of halogens is 6. The number of aromatic nitrogens is 4. The average Bonchev–Trinajstić information content (AvgIpc) is 3.27. The van der Waals surface area contributed by atoms with Gasteiger partial charge in [-0.2, -0.15) is 36.4 Å². The number of hydrogen-bond acceptors (Lipinski definition) is 5. The Hall–Kier alpha value is -3.38. The Morgan fingerprint density at radius 3 is 2.37 bits per heavy atom. The number of amides is 1. The molecular weight excluding hydrogens is 420 g/mol. The molecule has 2 aromatic heterocycles. The molecule has 0 atom stereocenters. The van der Waals surface area contributed by atoms with Crippen LogP contribution in [0.2, 0.25) is 0 Å². The van der Waals surface area contributed by atoms with Crippen LogP contribution in [0.4, 0.5) is 26.3 Å². The van der Waals surface area contributed by atoms with Crippen LogP contribution in [-0.2, 0) is 19.6 Å². The smallest absolute Gasteiger partial charge is 0.342 e. The third-order valence-electron chi connectivity index (χ3n) is 3.88. The first-order valence-electron chi connectivity index (χ1n) is 8.30. The van der Waals surface area contributed by atoms with Gasteiger partial charge in [-0.05, 0) is 11.6 Å². The van der Waals surface area contributed by atoms with Crippen LogP contribution in [0.15, 0.2) is 34.9 Å². The fraction of sp³-hybridized carbons (Fsp3) is 0.294. The molecule has 30 heavy (non-hydrogen) atoms. The molecule has 0 spiro atoms. The molecule has 0 aliphatic heterocycles. The van der Waals surface area contributed by atoms with Crippen molar-refractivity contribution in [1.29, 1.82) is 0 Å². The second-order valence-electron chi connectivity index (χ2n) is 6.24. The molecule has 0 saturated heterocycles. The molecule has 0 saturated carbocycles. The Balaban J connectivity index is 1.69. The fourth-order valence-corrected chi connectivity index (χ4v) is 2.53. The van der Waals surface area contributed by atoms with Gasteiger partial charge in [0.15, 0.2) is 0 Å². The van der Waals surface area contributed by atoms with E-state index < -0.39 is 30.7 Å². The van der Waals surface area contributed by atoms with Crippen molar-refractivity contribution in [2.45, 2.75) is 18.8 Å². The first-order valence-corrected chi connectivity index (χ1v) is 8.30. The molecule has 0 fully saturated rings. The van der Waals surface area contributed by atoms with Crippen LogP contribution < -0.4 is 5.32 Å². The van der Waals surface area contributed by atoms with Gasteiger partial charge in [-0.1, -0.05) is 29.4 Å². The van der Waals surface area contributed by atoms with Crippen molar-refractivity contribution in [2.24, 2.45) is 7.05 Å². The third-order valence-corrected chi connectivity index (χ3v) is 3.88. The summed E-state index contributed by atoms with van der Waals surface area (Å²) >= 11 is 0. The van der Waals surface area contributed by atoms with Crippen LogP contribution in [-0.4, -0.2) is 38.5 Å². The SMILES string of the molecule is Cn1nc(Cc2ccc(-c3noc(C(F)(F)F)n3)cc2)cc1C(=O)NCC(F)(F)F. The number of carbonyl (C=O) groups is 1. The second kappa shape index (κ2) is 7.80. The van der Waals surface area contributed by atoms with Gasteiger partial charge in [0.05, 0.1) is 5.69 Å². The lowest BCUT2D eigenvalue weighted by Crippen LogP contribution is -2.34. The molecule has 160 valence electrons. The minimum absolute atomic E-state index is 0.0441. The van der Waals surface area contributed by atoms with Crippen LogP contribution in [0.25, 0.3) is 11.4 Å². The number of nitrogens with one attached hydrogen (secondary N) is 1. The van der Waals surface area contributed by atoms with Gasteiger partial charge >= 0.3 is 18.2 Å². The molecule has 7 nitrogen and oxygen atoms in total. The largest absolute Gasteiger partial charge is 0.471 e. The summed E-state index contributed by atoms with van der Waals surface area (Å²) in [6, 6.07) is 7.52. The van der Waals surface area contributed by atoms with Crippen molar-refractivity contribution in [1.82, 2.24) is 25.2 Å². The standard InChI is InChI=1S/C17H13F6N5O2/c1-28-12(14(29)24-8-16(18,19)20)7-11(26-28)6-9-2-4-10(5-3-9)13-25-15(30-27-13)17(21,22)23/h2-5,7H,6,8H2,1H3,(H,24,29). The zero-order valence-electron chi connectivity index (χ0n) is 15.2. The Labute approximate surface area is 164 Å². The van der Waals surface area contributed by atoms with E-state index in [1.165, 1.54) is 25.2 Å². The minimum Gasteiger partial charge on any atom is -0.342 e. The monoisotopic (exact) mass is 433 g/mol. The van der Waals surface area contributed by atoms with E-state index in [1.807, 2.05) is 0 Å². The lowest BCUT2D eigenvalue weighted by atomic mass is 10.1. The van der Waals surface area contributed by atoms with Crippen LogP contribution in [0.3, 0.4) is 0 Å². The topological polar surface area (TPSA) is 85.8 Å². The summed E-state index contributed by atoms with van der Waals surface area (Å²) in [6.07, 6.45) is -9.03. The lowest BCUT2D eigenvalue weighted by Gasteiger charge is -2.07. The zero-order chi connectivity index (χ0) is 22.1. The molecule has 3 aromatic rings. The summed E-state index contributed by atoms with van der Waals surface area (Å²) in [4.78, 5) is 15.2. The van der Waals surface area contributed by atoms with E-state index in [4.69, 9.17) is 0 Å². The molecule has 1 amide bonds. The predicted molar refractivity (Wildman–Crippen MR) is 89.1 cm³/mol. The van der Waals surface area contributed by atoms with E-state index in [-0.39, 0.29) is 17.9 Å². The van der Waals surface area contributed by atoms with Gasteiger partial charge in [0.25, 0.3) is 5.91 Å². The predicted octanol–water partition coefficient (Wildman–Crippen LogP) is 3.37. The van der Waals surface area contributed by atoms with Gasteiger partial charge in [0.1, 0.15) is 12.2 Å².